The summed E-state index contributed by atoms with van der Waals surface area (Å²) in [5.74, 6) is 0. The average Bonchev–Trinajstić information content (AvgIpc) is 2.28. The van der Waals surface area contributed by atoms with E-state index in [1.807, 2.05) is 46.1 Å². The van der Waals surface area contributed by atoms with Gasteiger partial charge in [-0.3, -0.25) is 4.98 Å². The Morgan fingerprint density at radius 1 is 1.18 bits per heavy atom. The lowest BCUT2D eigenvalue weighted by atomic mass is 10.0. The number of nitrogens with zero attached hydrogens (tertiary/aromatic N) is 3. The highest BCUT2D eigenvalue weighted by molar-refractivity contribution is 5.94. The highest BCUT2D eigenvalue weighted by Crippen LogP contribution is 2.28. The van der Waals surface area contributed by atoms with Crippen LogP contribution in [0, 0.1) is 25.2 Å². The molecule has 17 heavy (non-hydrogen) atoms. The van der Waals surface area contributed by atoms with Gasteiger partial charge < -0.3 is 4.90 Å². The number of rotatable bonds is 1. The van der Waals surface area contributed by atoms with Crippen LogP contribution < -0.4 is 4.90 Å². The second-order valence-electron chi connectivity index (χ2n) is 4.48. The fourth-order valence-corrected chi connectivity index (χ4v) is 2.04. The first-order valence-corrected chi connectivity index (χ1v) is 5.52. The number of aryl methyl sites for hydroxylation is 2. The fourth-order valence-electron chi connectivity index (χ4n) is 2.04. The van der Waals surface area contributed by atoms with Crippen LogP contribution in [0.15, 0.2) is 18.2 Å². The van der Waals surface area contributed by atoms with Gasteiger partial charge in [-0.25, -0.2) is 0 Å². The van der Waals surface area contributed by atoms with Gasteiger partial charge in [0.2, 0.25) is 0 Å². The van der Waals surface area contributed by atoms with Crippen molar-refractivity contribution < 1.29 is 0 Å². The van der Waals surface area contributed by atoms with E-state index in [-0.39, 0.29) is 0 Å². The van der Waals surface area contributed by atoms with E-state index in [0.29, 0.717) is 5.56 Å². The zero-order valence-electron chi connectivity index (χ0n) is 10.6. The summed E-state index contributed by atoms with van der Waals surface area (Å²) in [5.41, 5.74) is 4.81. The highest BCUT2D eigenvalue weighted by Gasteiger charge is 2.09. The van der Waals surface area contributed by atoms with Gasteiger partial charge in [-0.1, -0.05) is 0 Å². The van der Waals surface area contributed by atoms with Gasteiger partial charge in [0.05, 0.1) is 17.1 Å². The van der Waals surface area contributed by atoms with Crippen molar-refractivity contribution in [3.05, 3.63) is 35.0 Å². The first kappa shape index (κ1) is 11.4. The average molecular weight is 225 g/mol. The molecule has 0 aliphatic carbocycles. The van der Waals surface area contributed by atoms with Gasteiger partial charge in [0.1, 0.15) is 0 Å². The minimum atomic E-state index is 0.684. The monoisotopic (exact) mass is 225 g/mol. The number of hydrogen-bond donors (Lipinski definition) is 0. The van der Waals surface area contributed by atoms with Crippen molar-refractivity contribution >= 4 is 16.6 Å². The molecule has 1 aromatic carbocycles. The Hall–Kier alpha value is -2.08. The molecule has 1 heterocycles. The summed E-state index contributed by atoms with van der Waals surface area (Å²) in [6.07, 6.45) is 0. The van der Waals surface area contributed by atoms with Crippen LogP contribution >= 0.6 is 0 Å². The van der Waals surface area contributed by atoms with Crippen molar-refractivity contribution in [3.8, 4) is 6.07 Å². The SMILES string of the molecule is Cc1cc(N(C)C)c2cc(C#N)cc(C)c2n1. The molecule has 0 N–H and O–H groups in total. The van der Waals surface area contributed by atoms with E-state index < -0.39 is 0 Å². The Balaban J connectivity index is 2.91. The molecule has 0 fully saturated rings. The van der Waals surface area contributed by atoms with Crippen LogP contribution in [-0.2, 0) is 0 Å². The van der Waals surface area contributed by atoms with E-state index in [2.05, 4.69) is 16.0 Å². The molecule has 2 aromatic rings. The molecule has 1 aromatic heterocycles. The molecular weight excluding hydrogens is 210 g/mol. The van der Waals surface area contributed by atoms with Crippen LogP contribution in [0.1, 0.15) is 16.8 Å². The Bertz CT molecular complexity index is 621. The summed E-state index contributed by atoms with van der Waals surface area (Å²) in [4.78, 5) is 6.61. The molecule has 2 rings (SSSR count). The van der Waals surface area contributed by atoms with Crippen molar-refractivity contribution in [2.24, 2.45) is 0 Å². The minimum absolute atomic E-state index is 0.684. The van der Waals surface area contributed by atoms with Gasteiger partial charge in [0, 0.05) is 30.9 Å². The Morgan fingerprint density at radius 3 is 2.47 bits per heavy atom. The lowest BCUT2D eigenvalue weighted by molar-refractivity contribution is 1.12. The lowest BCUT2D eigenvalue weighted by Gasteiger charge is -2.17. The Kier molecular flexibility index (Phi) is 2.72. The normalized spacial score (nSPS) is 10.3. The predicted octanol–water partition coefficient (Wildman–Crippen LogP) is 2.79. The summed E-state index contributed by atoms with van der Waals surface area (Å²) >= 11 is 0. The highest BCUT2D eigenvalue weighted by atomic mass is 15.1. The van der Waals surface area contributed by atoms with E-state index in [9.17, 15) is 0 Å². The van der Waals surface area contributed by atoms with Crippen molar-refractivity contribution in [1.82, 2.24) is 4.98 Å². The third-order valence-electron chi connectivity index (χ3n) is 2.82. The van der Waals surface area contributed by atoms with Gasteiger partial charge in [-0.15, -0.1) is 0 Å². The predicted molar refractivity (Wildman–Crippen MR) is 70.3 cm³/mol. The second kappa shape index (κ2) is 4.06. The Morgan fingerprint density at radius 2 is 1.88 bits per heavy atom. The van der Waals surface area contributed by atoms with Crippen LogP contribution in [0.4, 0.5) is 5.69 Å². The summed E-state index contributed by atoms with van der Waals surface area (Å²) < 4.78 is 0. The smallest absolute Gasteiger partial charge is 0.0991 e. The number of fused-ring (bicyclic) bond motifs is 1. The molecule has 0 saturated heterocycles. The summed E-state index contributed by atoms with van der Waals surface area (Å²) in [5, 5.41) is 10.1. The second-order valence-corrected chi connectivity index (χ2v) is 4.48. The standard InChI is InChI=1S/C14H15N3/c1-9-5-11(8-15)7-12-13(17(3)4)6-10(2)16-14(9)12/h5-7H,1-4H3. The first-order chi connectivity index (χ1) is 8.02. The lowest BCUT2D eigenvalue weighted by Crippen LogP contribution is -2.10. The number of benzene rings is 1. The van der Waals surface area contributed by atoms with Gasteiger partial charge in [0.25, 0.3) is 0 Å². The first-order valence-electron chi connectivity index (χ1n) is 5.52. The topological polar surface area (TPSA) is 39.9 Å². The molecule has 0 radical (unpaired) electrons. The largest absolute Gasteiger partial charge is 0.377 e. The minimum Gasteiger partial charge on any atom is -0.377 e. The molecule has 0 aliphatic heterocycles. The molecule has 0 bridgehead atoms. The molecule has 0 spiro atoms. The van der Waals surface area contributed by atoms with E-state index >= 15 is 0 Å². The molecule has 0 aliphatic rings. The number of anilines is 1. The fraction of sp³-hybridized carbons (Fsp3) is 0.286. The zero-order chi connectivity index (χ0) is 12.6. The van der Waals surface area contributed by atoms with E-state index in [4.69, 9.17) is 5.26 Å². The van der Waals surface area contributed by atoms with Gasteiger partial charge in [-0.2, -0.15) is 5.26 Å². The molecular formula is C14H15N3. The molecule has 0 saturated carbocycles. The molecule has 3 heteroatoms. The van der Waals surface area contributed by atoms with Crippen molar-refractivity contribution in [2.45, 2.75) is 13.8 Å². The third-order valence-corrected chi connectivity index (χ3v) is 2.82. The molecule has 0 unspecified atom stereocenters. The maximum Gasteiger partial charge on any atom is 0.0991 e. The molecule has 86 valence electrons. The number of aromatic nitrogens is 1. The quantitative estimate of drug-likeness (QED) is 0.749. The van der Waals surface area contributed by atoms with Crippen molar-refractivity contribution in [2.75, 3.05) is 19.0 Å². The van der Waals surface area contributed by atoms with Crippen LogP contribution in [-0.4, -0.2) is 19.1 Å². The number of pyridine rings is 1. The Labute approximate surface area is 101 Å². The molecule has 3 nitrogen and oxygen atoms in total. The van der Waals surface area contributed by atoms with Crippen LogP contribution in [0.25, 0.3) is 10.9 Å². The maximum absolute atomic E-state index is 9.02. The number of hydrogen-bond acceptors (Lipinski definition) is 3. The van der Waals surface area contributed by atoms with Crippen LogP contribution in [0.3, 0.4) is 0 Å². The van der Waals surface area contributed by atoms with Crippen molar-refractivity contribution in [1.29, 1.82) is 5.26 Å². The van der Waals surface area contributed by atoms with Crippen LogP contribution in [0.2, 0.25) is 0 Å². The van der Waals surface area contributed by atoms with E-state index in [0.717, 1.165) is 27.8 Å². The number of nitriles is 1. The van der Waals surface area contributed by atoms with Gasteiger partial charge in [-0.05, 0) is 37.6 Å². The van der Waals surface area contributed by atoms with Crippen LogP contribution in [0.5, 0.6) is 0 Å². The summed E-state index contributed by atoms with van der Waals surface area (Å²) in [6, 6.07) is 8.03. The molecule has 0 atom stereocenters. The summed E-state index contributed by atoms with van der Waals surface area (Å²) in [6.45, 7) is 3.99. The molecule has 0 amide bonds. The summed E-state index contributed by atoms with van der Waals surface area (Å²) in [7, 11) is 4.01. The van der Waals surface area contributed by atoms with E-state index in [1.165, 1.54) is 0 Å². The van der Waals surface area contributed by atoms with Crippen molar-refractivity contribution in [3.63, 3.8) is 0 Å². The van der Waals surface area contributed by atoms with E-state index in [1.54, 1.807) is 0 Å². The zero-order valence-corrected chi connectivity index (χ0v) is 10.6. The van der Waals surface area contributed by atoms with Gasteiger partial charge >= 0.3 is 0 Å². The maximum atomic E-state index is 9.02. The van der Waals surface area contributed by atoms with Gasteiger partial charge in [0.15, 0.2) is 0 Å². The third kappa shape index (κ3) is 1.94.